The number of rotatable bonds is 4. The Balaban J connectivity index is 2.18. The highest BCUT2D eigenvalue weighted by molar-refractivity contribution is 5.74. The summed E-state index contributed by atoms with van der Waals surface area (Å²) in [4.78, 5) is 15.8. The molecular weight excluding hydrogens is 194 g/mol. The van der Waals surface area contributed by atoms with Gasteiger partial charge in [-0.25, -0.2) is 4.79 Å². The van der Waals surface area contributed by atoms with E-state index < -0.39 is 0 Å². The Morgan fingerprint density at radius 1 is 1.33 bits per heavy atom. The zero-order chi connectivity index (χ0) is 11.1. The van der Waals surface area contributed by atoms with Gasteiger partial charge in [-0.05, 0) is 6.54 Å². The molecule has 0 aromatic heterocycles. The molecule has 0 bridgehead atoms. The molecule has 1 saturated heterocycles. The van der Waals surface area contributed by atoms with Crippen molar-refractivity contribution in [1.82, 2.24) is 15.1 Å². The second-order valence-corrected chi connectivity index (χ2v) is 3.65. The first-order chi connectivity index (χ1) is 7.27. The third-order valence-electron chi connectivity index (χ3n) is 2.69. The molecule has 5 heteroatoms. The molecule has 88 valence electrons. The normalized spacial score (nSPS) is 17.9. The first kappa shape index (κ1) is 12.3. The van der Waals surface area contributed by atoms with E-state index in [-0.39, 0.29) is 6.03 Å². The van der Waals surface area contributed by atoms with Gasteiger partial charge in [-0.2, -0.15) is 0 Å². The predicted octanol–water partition coefficient (Wildman–Crippen LogP) is -0.0201. The Hall–Kier alpha value is -0.810. The third-order valence-corrected chi connectivity index (χ3v) is 2.69. The van der Waals surface area contributed by atoms with Crippen LogP contribution in [0.3, 0.4) is 0 Å². The van der Waals surface area contributed by atoms with Gasteiger partial charge in [-0.1, -0.05) is 6.92 Å². The molecule has 0 radical (unpaired) electrons. The monoisotopic (exact) mass is 215 g/mol. The minimum Gasteiger partial charge on any atom is -0.383 e. The summed E-state index contributed by atoms with van der Waals surface area (Å²) < 4.78 is 4.87. The molecule has 5 nitrogen and oxygen atoms in total. The third kappa shape index (κ3) is 4.05. The maximum Gasteiger partial charge on any atom is 0.317 e. The SMILES string of the molecule is CCN1CCN(C(=O)NCCOC)CC1. The fourth-order valence-corrected chi connectivity index (χ4v) is 1.64. The van der Waals surface area contributed by atoms with Crippen molar-refractivity contribution in [2.45, 2.75) is 6.92 Å². The minimum atomic E-state index is 0.0304. The predicted molar refractivity (Wildman–Crippen MR) is 59.0 cm³/mol. The fourth-order valence-electron chi connectivity index (χ4n) is 1.64. The summed E-state index contributed by atoms with van der Waals surface area (Å²) in [7, 11) is 1.63. The van der Waals surface area contributed by atoms with Gasteiger partial charge in [-0.15, -0.1) is 0 Å². The van der Waals surface area contributed by atoms with Crippen molar-refractivity contribution in [1.29, 1.82) is 0 Å². The van der Waals surface area contributed by atoms with Crippen LogP contribution < -0.4 is 5.32 Å². The highest BCUT2D eigenvalue weighted by Gasteiger charge is 2.19. The Labute approximate surface area is 91.4 Å². The quantitative estimate of drug-likeness (QED) is 0.670. The smallest absolute Gasteiger partial charge is 0.317 e. The van der Waals surface area contributed by atoms with Crippen LogP contribution in [0.2, 0.25) is 0 Å². The first-order valence-electron chi connectivity index (χ1n) is 5.52. The van der Waals surface area contributed by atoms with Crippen LogP contribution in [0.25, 0.3) is 0 Å². The lowest BCUT2D eigenvalue weighted by atomic mass is 10.3. The molecule has 0 atom stereocenters. The van der Waals surface area contributed by atoms with Gasteiger partial charge in [0.15, 0.2) is 0 Å². The second-order valence-electron chi connectivity index (χ2n) is 3.65. The van der Waals surface area contributed by atoms with Gasteiger partial charge in [0.1, 0.15) is 0 Å². The zero-order valence-corrected chi connectivity index (χ0v) is 9.66. The Morgan fingerprint density at radius 3 is 2.53 bits per heavy atom. The van der Waals surface area contributed by atoms with Gasteiger partial charge in [0.2, 0.25) is 0 Å². The number of urea groups is 1. The first-order valence-corrected chi connectivity index (χ1v) is 5.52. The van der Waals surface area contributed by atoms with Gasteiger partial charge < -0.3 is 19.9 Å². The molecule has 0 aliphatic carbocycles. The van der Waals surface area contributed by atoms with E-state index in [9.17, 15) is 4.79 Å². The summed E-state index contributed by atoms with van der Waals surface area (Å²) in [5.41, 5.74) is 0. The summed E-state index contributed by atoms with van der Waals surface area (Å²) in [6, 6.07) is 0.0304. The highest BCUT2D eigenvalue weighted by Crippen LogP contribution is 2.00. The second kappa shape index (κ2) is 6.63. The molecule has 1 aliphatic heterocycles. The lowest BCUT2D eigenvalue weighted by Crippen LogP contribution is -2.51. The van der Waals surface area contributed by atoms with Crippen LogP contribution in [0, 0.1) is 0 Å². The lowest BCUT2D eigenvalue weighted by molar-refractivity contribution is 0.139. The minimum absolute atomic E-state index is 0.0304. The molecular formula is C10H21N3O2. The van der Waals surface area contributed by atoms with Crippen molar-refractivity contribution >= 4 is 6.03 Å². The van der Waals surface area contributed by atoms with Gasteiger partial charge >= 0.3 is 6.03 Å². The van der Waals surface area contributed by atoms with Crippen LogP contribution in [0.5, 0.6) is 0 Å². The summed E-state index contributed by atoms with van der Waals surface area (Å²) in [6.45, 7) is 7.99. The number of hydrogen-bond donors (Lipinski definition) is 1. The number of nitrogens with zero attached hydrogens (tertiary/aromatic N) is 2. The van der Waals surface area contributed by atoms with E-state index in [1.165, 1.54) is 0 Å². The van der Waals surface area contributed by atoms with Crippen molar-refractivity contribution in [3.63, 3.8) is 0 Å². The van der Waals surface area contributed by atoms with E-state index in [0.717, 1.165) is 32.7 Å². The number of likely N-dealkylation sites (N-methyl/N-ethyl adjacent to an activating group) is 1. The number of ether oxygens (including phenoxy) is 1. The summed E-state index contributed by atoms with van der Waals surface area (Å²) in [6.07, 6.45) is 0. The Bertz CT molecular complexity index is 191. The Morgan fingerprint density at radius 2 is 2.00 bits per heavy atom. The topological polar surface area (TPSA) is 44.8 Å². The van der Waals surface area contributed by atoms with Gasteiger partial charge in [0.05, 0.1) is 6.61 Å². The molecule has 0 saturated carbocycles. The van der Waals surface area contributed by atoms with Crippen LogP contribution in [0.1, 0.15) is 6.92 Å². The average Bonchev–Trinajstić information content (AvgIpc) is 2.29. The van der Waals surface area contributed by atoms with E-state index >= 15 is 0 Å². The number of carbonyl (C=O) groups excluding carboxylic acids is 1. The molecule has 15 heavy (non-hydrogen) atoms. The van der Waals surface area contributed by atoms with Crippen molar-refractivity contribution in [3.05, 3.63) is 0 Å². The molecule has 0 aromatic rings. The van der Waals surface area contributed by atoms with E-state index in [2.05, 4.69) is 17.1 Å². The average molecular weight is 215 g/mol. The number of nitrogens with one attached hydrogen (secondary N) is 1. The van der Waals surface area contributed by atoms with Crippen LogP contribution >= 0.6 is 0 Å². The standard InChI is InChI=1S/C10H21N3O2/c1-3-12-5-7-13(8-6-12)10(14)11-4-9-15-2/h3-9H2,1-2H3,(H,11,14). The molecule has 0 spiro atoms. The number of amides is 2. The lowest BCUT2D eigenvalue weighted by Gasteiger charge is -2.33. The summed E-state index contributed by atoms with van der Waals surface area (Å²) in [5, 5.41) is 2.83. The molecule has 1 aliphatic rings. The zero-order valence-electron chi connectivity index (χ0n) is 9.66. The van der Waals surface area contributed by atoms with Crippen LogP contribution in [-0.2, 0) is 4.74 Å². The molecule has 1 fully saturated rings. The Kier molecular flexibility index (Phi) is 5.42. The summed E-state index contributed by atoms with van der Waals surface area (Å²) in [5.74, 6) is 0. The van der Waals surface area contributed by atoms with E-state index in [1.807, 2.05) is 4.90 Å². The largest absolute Gasteiger partial charge is 0.383 e. The van der Waals surface area contributed by atoms with Crippen molar-refractivity contribution in [2.75, 3.05) is 53.0 Å². The number of carbonyl (C=O) groups is 1. The number of methoxy groups -OCH3 is 1. The summed E-state index contributed by atoms with van der Waals surface area (Å²) >= 11 is 0. The van der Waals surface area contributed by atoms with Crippen LogP contribution in [0.4, 0.5) is 4.79 Å². The van der Waals surface area contributed by atoms with Gasteiger partial charge in [0.25, 0.3) is 0 Å². The van der Waals surface area contributed by atoms with Gasteiger partial charge in [-0.3, -0.25) is 0 Å². The van der Waals surface area contributed by atoms with E-state index in [0.29, 0.717) is 13.2 Å². The van der Waals surface area contributed by atoms with E-state index in [1.54, 1.807) is 7.11 Å². The maximum atomic E-state index is 11.6. The number of hydrogen-bond acceptors (Lipinski definition) is 3. The molecule has 1 heterocycles. The fraction of sp³-hybridized carbons (Fsp3) is 0.900. The van der Waals surface area contributed by atoms with Crippen LogP contribution in [0.15, 0.2) is 0 Å². The van der Waals surface area contributed by atoms with Gasteiger partial charge in [0, 0.05) is 39.8 Å². The molecule has 2 amide bonds. The van der Waals surface area contributed by atoms with Crippen molar-refractivity contribution < 1.29 is 9.53 Å². The van der Waals surface area contributed by atoms with E-state index in [4.69, 9.17) is 4.74 Å². The molecule has 0 unspecified atom stereocenters. The van der Waals surface area contributed by atoms with Crippen molar-refractivity contribution in [2.24, 2.45) is 0 Å². The molecule has 1 rings (SSSR count). The van der Waals surface area contributed by atoms with Crippen molar-refractivity contribution in [3.8, 4) is 0 Å². The molecule has 1 N–H and O–H groups in total. The van der Waals surface area contributed by atoms with Crippen LogP contribution in [-0.4, -0.2) is 68.8 Å². The maximum absolute atomic E-state index is 11.6. The molecule has 0 aromatic carbocycles. The highest BCUT2D eigenvalue weighted by atomic mass is 16.5. The number of piperazine rings is 1.